The fourth-order valence-electron chi connectivity index (χ4n) is 1.80. The minimum Gasteiger partial charge on any atom is -0.398 e. The average molecular weight is 313 g/mol. The number of rotatable bonds is 6. The van der Waals surface area contributed by atoms with Crippen LogP contribution in [0.15, 0.2) is 22.7 Å². The zero-order valence-electron chi connectivity index (χ0n) is 11.0. The van der Waals surface area contributed by atoms with Crippen LogP contribution in [-0.2, 0) is 0 Å². The van der Waals surface area contributed by atoms with Crippen LogP contribution in [0.25, 0.3) is 0 Å². The largest absolute Gasteiger partial charge is 0.398 e. The minimum atomic E-state index is -0.0711. The van der Waals surface area contributed by atoms with Gasteiger partial charge in [-0.3, -0.25) is 4.79 Å². The molecule has 0 saturated carbocycles. The van der Waals surface area contributed by atoms with E-state index in [1.807, 2.05) is 6.92 Å². The zero-order chi connectivity index (χ0) is 13.5. The second-order valence-electron chi connectivity index (χ2n) is 4.58. The Hall–Kier alpha value is -1.03. The van der Waals surface area contributed by atoms with Gasteiger partial charge in [0.1, 0.15) is 0 Å². The van der Waals surface area contributed by atoms with Gasteiger partial charge in [0.25, 0.3) is 5.91 Å². The molecule has 1 amide bonds. The second-order valence-corrected chi connectivity index (χ2v) is 5.37. The summed E-state index contributed by atoms with van der Waals surface area (Å²) in [5.74, 6) is -0.0711. The zero-order valence-corrected chi connectivity index (χ0v) is 12.6. The van der Waals surface area contributed by atoms with Crippen LogP contribution < -0.4 is 11.1 Å². The Bertz CT molecular complexity index is 407. The molecule has 1 aromatic carbocycles. The Morgan fingerprint density at radius 3 is 2.83 bits per heavy atom. The quantitative estimate of drug-likeness (QED) is 0.621. The fourth-order valence-corrected chi connectivity index (χ4v) is 2.24. The molecule has 0 aliphatic heterocycles. The van der Waals surface area contributed by atoms with Gasteiger partial charge in [-0.15, -0.1) is 0 Å². The molecule has 1 aromatic rings. The Morgan fingerprint density at radius 1 is 1.44 bits per heavy atom. The average Bonchev–Trinajstić information content (AvgIpc) is 2.32. The molecule has 1 rings (SSSR count). The molecule has 0 saturated heterocycles. The lowest BCUT2D eigenvalue weighted by Crippen LogP contribution is -2.32. The van der Waals surface area contributed by atoms with E-state index in [4.69, 9.17) is 5.73 Å². The van der Waals surface area contributed by atoms with E-state index >= 15 is 0 Å². The first kappa shape index (κ1) is 15.0. The molecule has 0 bridgehead atoms. The van der Waals surface area contributed by atoms with Crippen molar-refractivity contribution in [3.8, 4) is 0 Å². The van der Waals surface area contributed by atoms with Gasteiger partial charge in [-0.1, -0.05) is 32.3 Å². The lowest BCUT2D eigenvalue weighted by atomic mass is 10.1. The van der Waals surface area contributed by atoms with E-state index in [-0.39, 0.29) is 11.9 Å². The van der Waals surface area contributed by atoms with E-state index < -0.39 is 0 Å². The molecule has 1 atom stereocenters. The molecular weight excluding hydrogens is 292 g/mol. The maximum absolute atomic E-state index is 12.1. The Balaban J connectivity index is 2.57. The number of nitrogens with one attached hydrogen (secondary N) is 1. The molecule has 3 N–H and O–H groups in total. The van der Waals surface area contributed by atoms with Crippen molar-refractivity contribution in [2.45, 2.75) is 45.6 Å². The number of unbranched alkanes of at least 4 members (excludes halogenated alkanes) is 2. The number of carbonyl (C=O) groups is 1. The highest BCUT2D eigenvalue weighted by atomic mass is 79.9. The molecule has 0 fully saturated rings. The van der Waals surface area contributed by atoms with Crippen LogP contribution in [0.3, 0.4) is 0 Å². The van der Waals surface area contributed by atoms with Crippen molar-refractivity contribution in [1.82, 2.24) is 5.32 Å². The third-order valence-electron chi connectivity index (χ3n) is 2.89. The van der Waals surface area contributed by atoms with Crippen LogP contribution in [0.1, 0.15) is 49.9 Å². The third kappa shape index (κ3) is 4.33. The summed E-state index contributed by atoms with van der Waals surface area (Å²) in [5, 5.41) is 3.00. The van der Waals surface area contributed by atoms with Crippen LogP contribution >= 0.6 is 15.9 Å². The minimum absolute atomic E-state index is 0.0711. The Morgan fingerprint density at radius 2 is 2.17 bits per heavy atom. The van der Waals surface area contributed by atoms with E-state index in [1.165, 1.54) is 12.8 Å². The summed E-state index contributed by atoms with van der Waals surface area (Å²) in [6.45, 7) is 4.21. The maximum atomic E-state index is 12.1. The van der Waals surface area contributed by atoms with E-state index in [0.29, 0.717) is 15.7 Å². The lowest BCUT2D eigenvalue weighted by molar-refractivity contribution is 0.0937. The number of benzene rings is 1. The summed E-state index contributed by atoms with van der Waals surface area (Å²) in [5.41, 5.74) is 6.94. The molecule has 0 heterocycles. The van der Waals surface area contributed by atoms with Crippen molar-refractivity contribution < 1.29 is 4.79 Å². The van der Waals surface area contributed by atoms with Gasteiger partial charge in [0.2, 0.25) is 0 Å². The smallest absolute Gasteiger partial charge is 0.252 e. The normalized spacial score (nSPS) is 12.2. The molecule has 0 aromatic heterocycles. The van der Waals surface area contributed by atoms with E-state index in [9.17, 15) is 4.79 Å². The predicted molar refractivity (Wildman–Crippen MR) is 79.6 cm³/mol. The van der Waals surface area contributed by atoms with Crippen LogP contribution in [0.2, 0.25) is 0 Å². The van der Waals surface area contributed by atoms with Gasteiger partial charge in [-0.25, -0.2) is 0 Å². The van der Waals surface area contributed by atoms with Crippen LogP contribution in [-0.4, -0.2) is 11.9 Å². The van der Waals surface area contributed by atoms with Crippen molar-refractivity contribution >= 4 is 27.5 Å². The second kappa shape index (κ2) is 7.41. The molecule has 0 spiro atoms. The molecule has 0 radical (unpaired) electrons. The SMILES string of the molecule is CCCCCC(C)NC(=O)c1cccc(N)c1Br. The molecule has 0 aliphatic rings. The molecule has 1 unspecified atom stereocenters. The number of nitrogens with two attached hydrogens (primary N) is 1. The number of nitrogen functional groups attached to an aromatic ring is 1. The summed E-state index contributed by atoms with van der Waals surface area (Å²) in [4.78, 5) is 12.1. The van der Waals surface area contributed by atoms with Crippen LogP contribution in [0.5, 0.6) is 0 Å². The van der Waals surface area contributed by atoms with E-state index in [1.54, 1.807) is 18.2 Å². The number of hydrogen-bond donors (Lipinski definition) is 2. The van der Waals surface area contributed by atoms with Crippen LogP contribution in [0.4, 0.5) is 5.69 Å². The number of anilines is 1. The number of carbonyl (C=O) groups excluding carboxylic acids is 1. The third-order valence-corrected chi connectivity index (χ3v) is 3.78. The van der Waals surface area contributed by atoms with Gasteiger partial charge in [-0.2, -0.15) is 0 Å². The highest BCUT2D eigenvalue weighted by Gasteiger charge is 2.13. The van der Waals surface area contributed by atoms with Gasteiger partial charge in [0.15, 0.2) is 0 Å². The number of halogens is 1. The first-order valence-corrected chi connectivity index (χ1v) is 7.20. The first-order chi connectivity index (χ1) is 8.56. The molecule has 0 aliphatic carbocycles. The number of amides is 1. The van der Waals surface area contributed by atoms with Gasteiger partial charge in [-0.05, 0) is 41.4 Å². The summed E-state index contributed by atoms with van der Waals surface area (Å²) in [7, 11) is 0. The van der Waals surface area contributed by atoms with Crippen molar-refractivity contribution in [1.29, 1.82) is 0 Å². The molecular formula is C14H21BrN2O. The van der Waals surface area contributed by atoms with E-state index in [0.717, 1.165) is 12.8 Å². The van der Waals surface area contributed by atoms with Gasteiger partial charge in [0, 0.05) is 11.7 Å². The van der Waals surface area contributed by atoms with Crippen LogP contribution in [0, 0.1) is 0 Å². The lowest BCUT2D eigenvalue weighted by Gasteiger charge is -2.14. The summed E-state index contributed by atoms with van der Waals surface area (Å²) in [6.07, 6.45) is 4.57. The maximum Gasteiger partial charge on any atom is 0.252 e. The highest BCUT2D eigenvalue weighted by Crippen LogP contribution is 2.23. The highest BCUT2D eigenvalue weighted by molar-refractivity contribution is 9.10. The number of hydrogen-bond acceptors (Lipinski definition) is 2. The monoisotopic (exact) mass is 312 g/mol. The van der Waals surface area contributed by atoms with E-state index in [2.05, 4.69) is 28.2 Å². The summed E-state index contributed by atoms with van der Waals surface area (Å²) < 4.78 is 0.670. The first-order valence-electron chi connectivity index (χ1n) is 6.41. The topological polar surface area (TPSA) is 55.1 Å². The molecule has 3 nitrogen and oxygen atoms in total. The van der Waals surface area contributed by atoms with Gasteiger partial charge >= 0.3 is 0 Å². The summed E-state index contributed by atoms with van der Waals surface area (Å²) >= 11 is 3.35. The van der Waals surface area contributed by atoms with Gasteiger partial charge in [0.05, 0.1) is 10.0 Å². The fraction of sp³-hybridized carbons (Fsp3) is 0.500. The summed E-state index contributed by atoms with van der Waals surface area (Å²) in [6, 6.07) is 5.52. The van der Waals surface area contributed by atoms with Crippen molar-refractivity contribution in [3.05, 3.63) is 28.2 Å². The molecule has 4 heteroatoms. The predicted octanol–water partition coefficient (Wildman–Crippen LogP) is 3.73. The molecule has 18 heavy (non-hydrogen) atoms. The van der Waals surface area contributed by atoms with Crippen molar-refractivity contribution in [2.75, 3.05) is 5.73 Å². The Labute approximate surface area is 117 Å². The standard InChI is InChI=1S/C14H21BrN2O/c1-3-4-5-7-10(2)17-14(18)11-8-6-9-12(16)13(11)15/h6,8-10H,3-5,7,16H2,1-2H3,(H,17,18). The van der Waals surface area contributed by atoms with Gasteiger partial charge < -0.3 is 11.1 Å². The Kier molecular flexibility index (Phi) is 6.19. The van der Waals surface area contributed by atoms with Crippen molar-refractivity contribution in [3.63, 3.8) is 0 Å². The molecule has 100 valence electrons. The van der Waals surface area contributed by atoms with Crippen molar-refractivity contribution in [2.24, 2.45) is 0 Å².